The van der Waals surface area contributed by atoms with Crippen molar-refractivity contribution in [3.8, 4) is 0 Å². The molecule has 2 fully saturated rings. The van der Waals surface area contributed by atoms with Gasteiger partial charge in [0.05, 0.1) is 12.5 Å². The first-order valence-corrected chi connectivity index (χ1v) is 9.04. The summed E-state index contributed by atoms with van der Waals surface area (Å²) in [5, 5.41) is 3.73. The Morgan fingerprint density at radius 2 is 1.90 bits per heavy atom. The standard InChI is InChI=1S/C15H26N2O2S/c1-11(20-2)10-16-13-9-14(18)17(15(13)19)12-7-5-3-4-6-8-12/h11-13,16H,3-10H2,1-2H3. The largest absolute Gasteiger partial charge is 0.304 e. The highest BCUT2D eigenvalue weighted by molar-refractivity contribution is 7.99. The number of carbonyl (C=O) groups is 2. The summed E-state index contributed by atoms with van der Waals surface area (Å²) in [5.41, 5.74) is 0. The van der Waals surface area contributed by atoms with Crippen LogP contribution in [0.25, 0.3) is 0 Å². The molecule has 0 aromatic carbocycles. The van der Waals surface area contributed by atoms with Gasteiger partial charge in [0.2, 0.25) is 11.8 Å². The van der Waals surface area contributed by atoms with Crippen molar-refractivity contribution in [3.05, 3.63) is 0 Å². The van der Waals surface area contributed by atoms with Crippen LogP contribution in [-0.4, -0.2) is 46.8 Å². The highest BCUT2D eigenvalue weighted by Gasteiger charge is 2.41. The van der Waals surface area contributed by atoms with Gasteiger partial charge in [-0.05, 0) is 19.1 Å². The highest BCUT2D eigenvalue weighted by atomic mass is 32.2. The number of amides is 2. The van der Waals surface area contributed by atoms with E-state index in [4.69, 9.17) is 0 Å². The van der Waals surface area contributed by atoms with E-state index in [-0.39, 0.29) is 23.9 Å². The number of hydrogen-bond donors (Lipinski definition) is 1. The number of nitrogens with one attached hydrogen (secondary N) is 1. The molecule has 1 aliphatic heterocycles. The van der Waals surface area contributed by atoms with Gasteiger partial charge in [0.15, 0.2) is 0 Å². The second-order valence-corrected chi connectivity index (χ2v) is 7.23. The monoisotopic (exact) mass is 298 g/mol. The van der Waals surface area contributed by atoms with E-state index in [1.165, 1.54) is 12.8 Å². The lowest BCUT2D eigenvalue weighted by molar-refractivity contribution is -0.141. The van der Waals surface area contributed by atoms with Crippen molar-refractivity contribution in [2.24, 2.45) is 0 Å². The molecule has 20 heavy (non-hydrogen) atoms. The predicted octanol–water partition coefficient (Wildman–Crippen LogP) is 2.18. The molecule has 0 spiro atoms. The van der Waals surface area contributed by atoms with Crippen LogP contribution in [0, 0.1) is 0 Å². The van der Waals surface area contributed by atoms with Crippen LogP contribution in [0.4, 0.5) is 0 Å². The first-order chi connectivity index (χ1) is 9.63. The third-order valence-electron chi connectivity index (χ3n) is 4.43. The molecule has 2 unspecified atom stereocenters. The van der Waals surface area contributed by atoms with Crippen LogP contribution < -0.4 is 5.32 Å². The van der Waals surface area contributed by atoms with E-state index >= 15 is 0 Å². The van der Waals surface area contributed by atoms with Gasteiger partial charge in [-0.2, -0.15) is 11.8 Å². The third-order valence-corrected chi connectivity index (χ3v) is 5.40. The van der Waals surface area contributed by atoms with E-state index in [0.717, 1.165) is 32.2 Å². The predicted molar refractivity (Wildman–Crippen MR) is 82.7 cm³/mol. The molecule has 114 valence electrons. The maximum atomic E-state index is 12.5. The Bertz CT molecular complexity index is 354. The minimum absolute atomic E-state index is 0.00945. The summed E-state index contributed by atoms with van der Waals surface area (Å²) in [6, 6.07) is -0.136. The van der Waals surface area contributed by atoms with Crippen molar-refractivity contribution in [3.63, 3.8) is 0 Å². The summed E-state index contributed by atoms with van der Waals surface area (Å²) in [5.74, 6) is 0.0337. The van der Waals surface area contributed by atoms with Gasteiger partial charge >= 0.3 is 0 Å². The lowest BCUT2D eigenvalue weighted by atomic mass is 10.1. The molecule has 2 atom stereocenters. The lowest BCUT2D eigenvalue weighted by Crippen LogP contribution is -2.44. The number of imide groups is 1. The van der Waals surface area contributed by atoms with E-state index < -0.39 is 0 Å². The molecule has 1 saturated carbocycles. The second-order valence-electron chi connectivity index (χ2n) is 5.96. The van der Waals surface area contributed by atoms with Gasteiger partial charge in [0.25, 0.3) is 0 Å². The molecule has 0 bridgehead atoms. The molecule has 2 amide bonds. The lowest BCUT2D eigenvalue weighted by Gasteiger charge is -2.25. The smallest absolute Gasteiger partial charge is 0.247 e. The highest BCUT2D eigenvalue weighted by Crippen LogP contribution is 2.26. The fraction of sp³-hybridized carbons (Fsp3) is 0.867. The van der Waals surface area contributed by atoms with Gasteiger partial charge in [0.1, 0.15) is 0 Å². The molecule has 1 saturated heterocycles. The zero-order chi connectivity index (χ0) is 14.5. The van der Waals surface area contributed by atoms with Crippen molar-refractivity contribution in [2.75, 3.05) is 12.8 Å². The van der Waals surface area contributed by atoms with Crippen molar-refractivity contribution >= 4 is 23.6 Å². The van der Waals surface area contributed by atoms with Crippen LogP contribution in [0.3, 0.4) is 0 Å². The summed E-state index contributed by atoms with van der Waals surface area (Å²) in [6.07, 6.45) is 9.14. The van der Waals surface area contributed by atoms with Crippen LogP contribution in [-0.2, 0) is 9.59 Å². The second kappa shape index (κ2) is 7.46. The molecule has 4 nitrogen and oxygen atoms in total. The van der Waals surface area contributed by atoms with Gasteiger partial charge in [-0.1, -0.05) is 32.6 Å². The Balaban J connectivity index is 1.93. The van der Waals surface area contributed by atoms with Gasteiger partial charge in [-0.3, -0.25) is 14.5 Å². The first-order valence-electron chi connectivity index (χ1n) is 7.75. The Labute approximate surface area is 126 Å². The normalized spacial score (nSPS) is 26.9. The number of thioether (sulfide) groups is 1. The Kier molecular flexibility index (Phi) is 5.90. The zero-order valence-electron chi connectivity index (χ0n) is 12.6. The topological polar surface area (TPSA) is 49.4 Å². The Hall–Kier alpha value is -0.550. The molecule has 5 heteroatoms. The average molecular weight is 298 g/mol. The van der Waals surface area contributed by atoms with E-state index in [2.05, 4.69) is 18.5 Å². The minimum atomic E-state index is -0.291. The molecular weight excluding hydrogens is 272 g/mol. The van der Waals surface area contributed by atoms with Crippen molar-refractivity contribution in [1.29, 1.82) is 0 Å². The number of likely N-dealkylation sites (tertiary alicyclic amines) is 1. The fourth-order valence-electron chi connectivity index (χ4n) is 3.10. The maximum Gasteiger partial charge on any atom is 0.247 e. The molecule has 1 aliphatic carbocycles. The van der Waals surface area contributed by atoms with Gasteiger partial charge in [-0.25, -0.2) is 0 Å². The van der Waals surface area contributed by atoms with Gasteiger partial charge < -0.3 is 5.32 Å². The maximum absolute atomic E-state index is 12.5. The minimum Gasteiger partial charge on any atom is -0.304 e. The SMILES string of the molecule is CSC(C)CNC1CC(=O)N(C2CCCCCC2)C1=O. The average Bonchev–Trinajstić information content (AvgIpc) is 2.64. The number of hydrogen-bond acceptors (Lipinski definition) is 4. The van der Waals surface area contributed by atoms with Crippen LogP contribution >= 0.6 is 11.8 Å². The Morgan fingerprint density at radius 3 is 2.50 bits per heavy atom. The molecule has 2 rings (SSSR count). The van der Waals surface area contributed by atoms with E-state index in [1.54, 1.807) is 16.7 Å². The zero-order valence-corrected chi connectivity index (χ0v) is 13.4. The number of rotatable bonds is 5. The first kappa shape index (κ1) is 15.8. The molecule has 0 aromatic heterocycles. The van der Waals surface area contributed by atoms with E-state index in [9.17, 15) is 9.59 Å². The van der Waals surface area contributed by atoms with Crippen LogP contribution in [0.1, 0.15) is 51.9 Å². The van der Waals surface area contributed by atoms with Crippen LogP contribution in [0.5, 0.6) is 0 Å². The third kappa shape index (κ3) is 3.76. The Morgan fingerprint density at radius 1 is 1.25 bits per heavy atom. The van der Waals surface area contributed by atoms with Crippen molar-refractivity contribution < 1.29 is 9.59 Å². The molecule has 0 radical (unpaired) electrons. The summed E-state index contributed by atoms with van der Waals surface area (Å²) in [6.45, 7) is 2.91. The summed E-state index contributed by atoms with van der Waals surface area (Å²) >= 11 is 1.77. The molecule has 2 aliphatic rings. The molecule has 1 heterocycles. The van der Waals surface area contributed by atoms with Crippen molar-refractivity contribution in [1.82, 2.24) is 10.2 Å². The fourth-order valence-corrected chi connectivity index (χ4v) is 3.36. The van der Waals surface area contributed by atoms with Crippen LogP contribution in [0.15, 0.2) is 0 Å². The number of carbonyl (C=O) groups excluding carboxylic acids is 2. The molecule has 1 N–H and O–H groups in total. The summed E-state index contributed by atoms with van der Waals surface area (Å²) in [7, 11) is 0. The van der Waals surface area contributed by atoms with Gasteiger partial charge in [-0.15, -0.1) is 0 Å². The quantitative estimate of drug-likeness (QED) is 0.624. The summed E-state index contributed by atoms with van der Waals surface area (Å²) < 4.78 is 0. The number of nitrogens with zero attached hydrogens (tertiary/aromatic N) is 1. The van der Waals surface area contributed by atoms with Crippen LogP contribution in [0.2, 0.25) is 0 Å². The van der Waals surface area contributed by atoms with E-state index in [0.29, 0.717) is 11.7 Å². The van der Waals surface area contributed by atoms with Crippen molar-refractivity contribution in [2.45, 2.75) is 69.2 Å². The van der Waals surface area contributed by atoms with E-state index in [1.807, 2.05) is 0 Å². The molecular formula is C15H26N2O2S. The molecule has 0 aromatic rings. The summed E-state index contributed by atoms with van der Waals surface area (Å²) in [4.78, 5) is 26.2. The van der Waals surface area contributed by atoms with Gasteiger partial charge in [0, 0.05) is 17.8 Å².